The molecular formula is C15H20FN3S. The molecular weight excluding hydrogens is 273 g/mol. The monoisotopic (exact) mass is 293 g/mol. The zero-order valence-corrected chi connectivity index (χ0v) is 12.9. The van der Waals surface area contributed by atoms with Crippen LogP contribution in [-0.4, -0.2) is 16.3 Å². The second-order valence-corrected chi connectivity index (χ2v) is 5.79. The second-order valence-electron chi connectivity index (χ2n) is 4.75. The lowest BCUT2D eigenvalue weighted by Gasteiger charge is -2.11. The van der Waals surface area contributed by atoms with Gasteiger partial charge in [-0.05, 0) is 37.6 Å². The van der Waals surface area contributed by atoms with Crippen LogP contribution in [0.15, 0.2) is 34.2 Å². The van der Waals surface area contributed by atoms with Gasteiger partial charge >= 0.3 is 0 Å². The molecule has 1 aromatic heterocycles. The standard InChI is InChI=1S/C15H20FN3S/c1-4-8-17-10-12-6-5-7-13(16)15(12)20-14-9-11(2)18-19(14)3/h5-7,9,17H,4,8,10H2,1-3H3. The summed E-state index contributed by atoms with van der Waals surface area (Å²) in [6.07, 6.45) is 1.07. The Balaban J connectivity index is 2.23. The van der Waals surface area contributed by atoms with E-state index in [9.17, 15) is 4.39 Å². The van der Waals surface area contributed by atoms with Crippen molar-refractivity contribution < 1.29 is 4.39 Å². The van der Waals surface area contributed by atoms with Crippen LogP contribution in [0.2, 0.25) is 0 Å². The van der Waals surface area contributed by atoms with Gasteiger partial charge in [-0.2, -0.15) is 5.10 Å². The van der Waals surface area contributed by atoms with Gasteiger partial charge in [-0.25, -0.2) is 4.39 Å². The molecule has 0 radical (unpaired) electrons. The van der Waals surface area contributed by atoms with Gasteiger partial charge in [0.15, 0.2) is 0 Å². The fourth-order valence-electron chi connectivity index (χ4n) is 1.99. The number of hydrogen-bond donors (Lipinski definition) is 1. The number of nitrogens with one attached hydrogen (secondary N) is 1. The van der Waals surface area contributed by atoms with E-state index < -0.39 is 0 Å². The average molecular weight is 293 g/mol. The van der Waals surface area contributed by atoms with Gasteiger partial charge < -0.3 is 5.32 Å². The van der Waals surface area contributed by atoms with Crippen LogP contribution in [0.25, 0.3) is 0 Å². The maximum Gasteiger partial charge on any atom is 0.137 e. The Morgan fingerprint density at radius 2 is 2.20 bits per heavy atom. The quantitative estimate of drug-likeness (QED) is 0.827. The van der Waals surface area contributed by atoms with Crippen molar-refractivity contribution in [2.45, 2.75) is 36.7 Å². The summed E-state index contributed by atoms with van der Waals surface area (Å²) in [4.78, 5) is 0.680. The van der Waals surface area contributed by atoms with Crippen LogP contribution in [0.3, 0.4) is 0 Å². The predicted molar refractivity (Wildman–Crippen MR) is 80.5 cm³/mol. The first kappa shape index (κ1) is 15.1. The zero-order chi connectivity index (χ0) is 14.5. The van der Waals surface area contributed by atoms with Crippen LogP contribution in [0.4, 0.5) is 4.39 Å². The normalized spacial score (nSPS) is 11.0. The van der Waals surface area contributed by atoms with Crippen LogP contribution >= 0.6 is 11.8 Å². The summed E-state index contributed by atoms with van der Waals surface area (Å²) < 4.78 is 15.9. The van der Waals surface area contributed by atoms with E-state index in [-0.39, 0.29) is 5.82 Å². The van der Waals surface area contributed by atoms with Gasteiger partial charge in [-0.3, -0.25) is 4.68 Å². The average Bonchev–Trinajstić information content (AvgIpc) is 2.72. The van der Waals surface area contributed by atoms with Crippen LogP contribution in [-0.2, 0) is 13.6 Å². The minimum absolute atomic E-state index is 0.176. The SMILES string of the molecule is CCCNCc1cccc(F)c1Sc1cc(C)nn1C. The maximum atomic E-state index is 14.1. The van der Waals surface area contributed by atoms with Crippen molar-refractivity contribution in [3.05, 3.63) is 41.3 Å². The van der Waals surface area contributed by atoms with Gasteiger partial charge in [-0.15, -0.1) is 0 Å². The Bertz CT molecular complexity index is 580. The topological polar surface area (TPSA) is 29.9 Å². The molecule has 0 aliphatic heterocycles. The summed E-state index contributed by atoms with van der Waals surface area (Å²) in [5, 5.41) is 8.57. The van der Waals surface area contributed by atoms with Gasteiger partial charge in [0.05, 0.1) is 15.6 Å². The van der Waals surface area contributed by atoms with Crippen LogP contribution in [0.5, 0.6) is 0 Å². The molecule has 0 saturated carbocycles. The molecule has 0 aliphatic carbocycles. The van der Waals surface area contributed by atoms with E-state index in [1.807, 2.05) is 26.1 Å². The van der Waals surface area contributed by atoms with Gasteiger partial charge in [0.25, 0.3) is 0 Å². The first-order valence-electron chi connectivity index (χ1n) is 6.78. The molecule has 0 aliphatic rings. The van der Waals surface area contributed by atoms with E-state index in [0.717, 1.165) is 29.2 Å². The van der Waals surface area contributed by atoms with E-state index in [2.05, 4.69) is 17.3 Å². The van der Waals surface area contributed by atoms with Gasteiger partial charge in [0.2, 0.25) is 0 Å². The fraction of sp³-hybridized carbons (Fsp3) is 0.400. The Morgan fingerprint density at radius 1 is 1.40 bits per heavy atom. The number of nitrogens with zero attached hydrogens (tertiary/aromatic N) is 2. The Hall–Kier alpha value is -1.33. The third-order valence-electron chi connectivity index (χ3n) is 2.96. The highest BCUT2D eigenvalue weighted by Gasteiger charge is 2.12. The van der Waals surface area contributed by atoms with Gasteiger partial charge in [0, 0.05) is 13.6 Å². The summed E-state index contributed by atoms with van der Waals surface area (Å²) in [5.41, 5.74) is 1.93. The molecule has 0 saturated heterocycles. The Morgan fingerprint density at radius 3 is 2.85 bits per heavy atom. The van der Waals surface area contributed by atoms with E-state index >= 15 is 0 Å². The molecule has 1 aromatic carbocycles. The minimum atomic E-state index is -0.176. The molecule has 3 nitrogen and oxygen atoms in total. The van der Waals surface area contributed by atoms with Crippen LogP contribution in [0, 0.1) is 12.7 Å². The number of halogens is 1. The van der Waals surface area contributed by atoms with Gasteiger partial charge in [-0.1, -0.05) is 30.8 Å². The highest BCUT2D eigenvalue weighted by atomic mass is 32.2. The largest absolute Gasteiger partial charge is 0.313 e. The number of aromatic nitrogens is 2. The summed E-state index contributed by atoms with van der Waals surface area (Å²) in [6.45, 7) is 5.68. The fourth-order valence-corrected chi connectivity index (χ4v) is 3.04. The lowest BCUT2D eigenvalue weighted by atomic mass is 10.2. The number of rotatable bonds is 6. The third-order valence-corrected chi connectivity index (χ3v) is 4.21. The van der Waals surface area contributed by atoms with E-state index in [4.69, 9.17) is 0 Å². The number of benzene rings is 1. The van der Waals surface area contributed by atoms with Crippen molar-refractivity contribution in [3.63, 3.8) is 0 Å². The van der Waals surface area contributed by atoms with Crippen LogP contribution in [0.1, 0.15) is 24.6 Å². The van der Waals surface area contributed by atoms with Crippen molar-refractivity contribution in [2.24, 2.45) is 7.05 Å². The lowest BCUT2D eigenvalue weighted by molar-refractivity contribution is 0.588. The van der Waals surface area contributed by atoms with E-state index in [1.165, 1.54) is 17.8 Å². The molecule has 0 amide bonds. The summed E-state index contributed by atoms with van der Waals surface area (Å²) in [7, 11) is 1.88. The molecule has 5 heteroatoms. The van der Waals surface area contributed by atoms with Crippen molar-refractivity contribution in [2.75, 3.05) is 6.54 Å². The molecule has 0 bridgehead atoms. The summed E-state index contributed by atoms with van der Waals surface area (Å²) in [5.74, 6) is -0.176. The molecule has 0 unspecified atom stereocenters. The first-order chi connectivity index (χ1) is 9.61. The predicted octanol–water partition coefficient (Wildman–Crippen LogP) is 3.52. The summed E-state index contributed by atoms with van der Waals surface area (Å²) >= 11 is 1.43. The number of hydrogen-bond acceptors (Lipinski definition) is 3. The third kappa shape index (κ3) is 3.61. The van der Waals surface area contributed by atoms with Crippen molar-refractivity contribution in [3.8, 4) is 0 Å². The number of aryl methyl sites for hydroxylation is 2. The van der Waals surface area contributed by atoms with E-state index in [0.29, 0.717) is 11.4 Å². The minimum Gasteiger partial charge on any atom is -0.313 e. The molecule has 2 rings (SSSR count). The molecule has 0 spiro atoms. The second kappa shape index (κ2) is 6.90. The van der Waals surface area contributed by atoms with Crippen LogP contribution < -0.4 is 5.32 Å². The van der Waals surface area contributed by atoms with Gasteiger partial charge in [0.1, 0.15) is 5.82 Å². The van der Waals surface area contributed by atoms with E-state index in [1.54, 1.807) is 10.7 Å². The Labute approximate surface area is 123 Å². The zero-order valence-electron chi connectivity index (χ0n) is 12.1. The maximum absolute atomic E-state index is 14.1. The molecule has 1 heterocycles. The molecule has 0 atom stereocenters. The summed E-state index contributed by atoms with van der Waals surface area (Å²) in [6, 6.07) is 7.21. The lowest BCUT2D eigenvalue weighted by Crippen LogP contribution is -2.14. The highest BCUT2D eigenvalue weighted by Crippen LogP contribution is 2.32. The smallest absolute Gasteiger partial charge is 0.137 e. The van der Waals surface area contributed by atoms with Crippen molar-refractivity contribution in [1.82, 2.24) is 15.1 Å². The molecule has 108 valence electrons. The Kier molecular flexibility index (Phi) is 5.20. The first-order valence-corrected chi connectivity index (χ1v) is 7.60. The van der Waals surface area contributed by atoms with Crippen molar-refractivity contribution >= 4 is 11.8 Å². The molecule has 0 fully saturated rings. The highest BCUT2D eigenvalue weighted by molar-refractivity contribution is 7.99. The molecule has 2 aromatic rings. The van der Waals surface area contributed by atoms with Crippen molar-refractivity contribution in [1.29, 1.82) is 0 Å². The molecule has 20 heavy (non-hydrogen) atoms. The molecule has 1 N–H and O–H groups in total.